The molecule has 4 heteroatoms. The minimum atomic E-state index is 0.904. The van der Waals surface area contributed by atoms with Crippen molar-refractivity contribution in [3.05, 3.63) is 0 Å². The van der Waals surface area contributed by atoms with Crippen molar-refractivity contribution in [3.63, 3.8) is 0 Å². The highest BCUT2D eigenvalue weighted by Crippen LogP contribution is 2.21. The Labute approximate surface area is 84.3 Å². The molecule has 0 unspecified atom stereocenters. The Morgan fingerprint density at radius 3 is 2.73 bits per heavy atom. The molecule has 1 fully saturated rings. The Hall–Kier alpha value is 0.550. The molecule has 0 saturated heterocycles. The summed E-state index contributed by atoms with van der Waals surface area (Å²) in [6, 6.07) is 0. The minimum absolute atomic E-state index is 0.904. The van der Waals surface area contributed by atoms with Gasteiger partial charge in [-0.2, -0.15) is 5.10 Å². The van der Waals surface area contributed by atoms with Gasteiger partial charge >= 0.3 is 0 Å². The minimum Gasteiger partial charge on any atom is -0.242 e. The van der Waals surface area contributed by atoms with Crippen LogP contribution in [0.25, 0.3) is 0 Å². The Morgan fingerprint density at radius 2 is 2.18 bits per heavy atom. The van der Waals surface area contributed by atoms with Crippen LogP contribution in [0, 0.1) is 5.92 Å². The van der Waals surface area contributed by atoms with Gasteiger partial charge in [0.1, 0.15) is 0 Å². The molecule has 0 atom stereocenters. The molecule has 64 valence electrons. The van der Waals surface area contributed by atoms with Gasteiger partial charge in [-0.3, -0.25) is 0 Å². The first-order chi connectivity index (χ1) is 5.33. The lowest BCUT2D eigenvalue weighted by Crippen LogP contribution is -2.13. The number of hydrogen-bond acceptors (Lipinski definition) is 3. The lowest BCUT2D eigenvalue weighted by Gasteiger charge is -2.18. The molecule has 0 aromatic rings. The molecule has 1 rings (SSSR count). The summed E-state index contributed by atoms with van der Waals surface area (Å²) in [6.45, 7) is 2.32. The standard InChI is InChI=1S/C7H13IN2S/c1-6-2-4-7(5-3-6)9-10-11-8/h6,10H,2-5H2,1H3. The molecule has 11 heavy (non-hydrogen) atoms. The maximum Gasteiger partial charge on any atom is 0.0396 e. The van der Waals surface area contributed by atoms with Crippen molar-refractivity contribution in [2.75, 3.05) is 0 Å². The molecule has 0 aliphatic heterocycles. The smallest absolute Gasteiger partial charge is 0.0396 e. The summed E-state index contributed by atoms with van der Waals surface area (Å²) in [5.74, 6) is 0.904. The Balaban J connectivity index is 2.26. The predicted molar refractivity (Wildman–Crippen MR) is 59.8 cm³/mol. The Morgan fingerprint density at radius 1 is 1.55 bits per heavy atom. The fourth-order valence-electron chi connectivity index (χ4n) is 1.29. The fraction of sp³-hybridized carbons (Fsp3) is 0.857. The average molecular weight is 284 g/mol. The van der Waals surface area contributed by atoms with Crippen LogP contribution >= 0.6 is 30.3 Å². The third-order valence-corrected chi connectivity index (χ3v) is 2.84. The Bertz CT molecular complexity index is 139. The number of hydrazone groups is 1. The van der Waals surface area contributed by atoms with E-state index in [2.05, 4.69) is 38.1 Å². The Kier molecular flexibility index (Phi) is 4.59. The van der Waals surface area contributed by atoms with Crippen molar-refractivity contribution in [2.45, 2.75) is 32.6 Å². The van der Waals surface area contributed by atoms with Gasteiger partial charge in [0.25, 0.3) is 0 Å². The van der Waals surface area contributed by atoms with Crippen LogP contribution in [0.2, 0.25) is 0 Å². The molecule has 0 spiro atoms. The van der Waals surface area contributed by atoms with Crippen molar-refractivity contribution in [1.82, 2.24) is 4.83 Å². The molecule has 1 aliphatic carbocycles. The van der Waals surface area contributed by atoms with Crippen molar-refractivity contribution in [1.29, 1.82) is 0 Å². The number of nitrogens with one attached hydrogen (secondary N) is 1. The largest absolute Gasteiger partial charge is 0.242 e. The van der Waals surface area contributed by atoms with Crippen LogP contribution in [0.1, 0.15) is 32.6 Å². The molecule has 0 amide bonds. The molecule has 1 aliphatic rings. The second-order valence-electron chi connectivity index (χ2n) is 3.03. The van der Waals surface area contributed by atoms with Crippen molar-refractivity contribution in [3.8, 4) is 0 Å². The first-order valence-corrected chi connectivity index (χ1v) is 7.27. The monoisotopic (exact) mass is 284 g/mol. The predicted octanol–water partition coefficient (Wildman–Crippen LogP) is 3.14. The van der Waals surface area contributed by atoms with Crippen LogP contribution in [0.4, 0.5) is 0 Å². The van der Waals surface area contributed by atoms with Gasteiger partial charge in [0, 0.05) is 36.0 Å². The van der Waals surface area contributed by atoms with E-state index in [0.29, 0.717) is 0 Å². The highest BCUT2D eigenvalue weighted by Gasteiger charge is 2.12. The van der Waals surface area contributed by atoms with E-state index in [1.165, 1.54) is 40.5 Å². The van der Waals surface area contributed by atoms with Crippen molar-refractivity contribution < 1.29 is 0 Å². The molecule has 2 nitrogen and oxygen atoms in total. The van der Waals surface area contributed by atoms with Gasteiger partial charge < -0.3 is 0 Å². The van der Waals surface area contributed by atoms with Crippen molar-refractivity contribution >= 4 is 36.0 Å². The molecule has 0 heterocycles. The van der Waals surface area contributed by atoms with Gasteiger partial charge in [-0.15, -0.1) is 0 Å². The first kappa shape index (κ1) is 9.64. The topological polar surface area (TPSA) is 24.4 Å². The third-order valence-electron chi connectivity index (χ3n) is 2.09. The average Bonchev–Trinajstić information content (AvgIpc) is 2.04. The quantitative estimate of drug-likeness (QED) is 0.478. The van der Waals surface area contributed by atoms with E-state index in [4.69, 9.17) is 0 Å². The summed E-state index contributed by atoms with van der Waals surface area (Å²) in [5.41, 5.74) is 1.34. The van der Waals surface area contributed by atoms with Crippen LogP contribution in [0.15, 0.2) is 5.10 Å². The van der Waals surface area contributed by atoms with Crippen LogP contribution in [0.3, 0.4) is 0 Å². The van der Waals surface area contributed by atoms with Gasteiger partial charge in [0.2, 0.25) is 0 Å². The summed E-state index contributed by atoms with van der Waals surface area (Å²) in [7, 11) is 1.53. The molecular formula is C7H13IN2S. The zero-order chi connectivity index (χ0) is 8.10. The van der Waals surface area contributed by atoms with E-state index in [9.17, 15) is 0 Å². The number of rotatable bonds is 2. The summed E-state index contributed by atoms with van der Waals surface area (Å²) < 4.78 is 0. The normalized spacial score (nSPS) is 24.9. The van der Waals surface area contributed by atoms with Gasteiger partial charge in [-0.05, 0) is 31.6 Å². The molecule has 0 aromatic carbocycles. The zero-order valence-corrected chi connectivity index (χ0v) is 9.61. The molecule has 1 saturated carbocycles. The summed E-state index contributed by atoms with van der Waals surface area (Å²) in [6.07, 6.45) is 5.00. The zero-order valence-electron chi connectivity index (χ0n) is 6.64. The number of hydrogen-bond donors (Lipinski definition) is 1. The first-order valence-electron chi connectivity index (χ1n) is 3.91. The van der Waals surface area contributed by atoms with Crippen LogP contribution < -0.4 is 4.83 Å². The molecule has 0 bridgehead atoms. The van der Waals surface area contributed by atoms with Crippen LogP contribution in [-0.2, 0) is 0 Å². The molecule has 0 aromatic heterocycles. The van der Waals surface area contributed by atoms with Crippen LogP contribution in [-0.4, -0.2) is 5.71 Å². The summed E-state index contributed by atoms with van der Waals surface area (Å²) in [4.78, 5) is 2.92. The number of nitrogens with zero attached hydrogens (tertiary/aromatic N) is 1. The maximum atomic E-state index is 4.26. The van der Waals surface area contributed by atoms with Gasteiger partial charge in [0.15, 0.2) is 0 Å². The summed E-state index contributed by atoms with van der Waals surface area (Å²) in [5, 5.41) is 4.26. The third kappa shape index (κ3) is 3.64. The van der Waals surface area contributed by atoms with E-state index in [1.807, 2.05) is 0 Å². The van der Waals surface area contributed by atoms with Gasteiger partial charge in [-0.1, -0.05) is 6.92 Å². The van der Waals surface area contributed by atoms with Gasteiger partial charge in [0.05, 0.1) is 0 Å². The lowest BCUT2D eigenvalue weighted by molar-refractivity contribution is 0.482. The van der Waals surface area contributed by atoms with E-state index in [0.717, 1.165) is 5.92 Å². The second kappa shape index (κ2) is 5.24. The molecule has 0 radical (unpaired) electrons. The maximum absolute atomic E-state index is 4.26. The summed E-state index contributed by atoms with van der Waals surface area (Å²) >= 11 is 2.19. The molecular weight excluding hydrogens is 271 g/mol. The highest BCUT2D eigenvalue weighted by atomic mass is 127. The van der Waals surface area contributed by atoms with E-state index in [1.54, 1.807) is 0 Å². The van der Waals surface area contributed by atoms with Crippen LogP contribution in [0.5, 0.6) is 0 Å². The molecule has 1 N–H and O–H groups in total. The fourth-order valence-corrected chi connectivity index (χ4v) is 1.75. The second-order valence-corrected chi connectivity index (χ2v) is 4.69. The number of halogens is 1. The lowest BCUT2D eigenvalue weighted by atomic mass is 9.90. The van der Waals surface area contributed by atoms with Crippen molar-refractivity contribution in [2.24, 2.45) is 11.0 Å². The van der Waals surface area contributed by atoms with Gasteiger partial charge in [-0.25, -0.2) is 4.83 Å². The SMILES string of the molecule is CC1CCC(=NNSI)CC1. The van der Waals surface area contributed by atoms with E-state index < -0.39 is 0 Å². The highest BCUT2D eigenvalue weighted by molar-refractivity contribution is 14.2. The van der Waals surface area contributed by atoms with E-state index >= 15 is 0 Å². The van der Waals surface area contributed by atoms with E-state index in [-0.39, 0.29) is 0 Å².